The number of anilines is 1. The van der Waals surface area contributed by atoms with Gasteiger partial charge in [0.25, 0.3) is 0 Å². The Kier molecular flexibility index (Phi) is 7.94. The SMILES string of the molecule is CCC[C@H](c1cnc2cc(N3CCC(c4cccc(O)c4)(N(C)C)CC3)ccc2c1)N1C[C@@H](C)N[C@@H](C)C1. The first-order valence-corrected chi connectivity index (χ1v) is 14.4. The zero-order chi connectivity index (χ0) is 26.9. The normalized spacial score (nSPS) is 23.2. The van der Waals surface area contributed by atoms with Crippen molar-refractivity contribution in [1.29, 1.82) is 0 Å². The van der Waals surface area contributed by atoms with Gasteiger partial charge in [0.2, 0.25) is 0 Å². The summed E-state index contributed by atoms with van der Waals surface area (Å²) < 4.78 is 0. The molecule has 6 heteroatoms. The zero-order valence-corrected chi connectivity index (χ0v) is 23.8. The number of phenolic OH excluding ortho intramolecular Hbond substituents is 1. The van der Waals surface area contributed by atoms with E-state index in [2.05, 4.69) is 91.4 Å². The lowest BCUT2D eigenvalue weighted by Gasteiger charge is -2.47. The number of nitrogens with zero attached hydrogens (tertiary/aromatic N) is 4. The van der Waals surface area contributed by atoms with E-state index in [0.717, 1.165) is 51.0 Å². The second-order valence-electron chi connectivity index (χ2n) is 11.8. The van der Waals surface area contributed by atoms with E-state index in [1.54, 1.807) is 6.07 Å². The van der Waals surface area contributed by atoms with Crippen LogP contribution in [0.15, 0.2) is 54.7 Å². The van der Waals surface area contributed by atoms with Crippen LogP contribution in [-0.4, -0.2) is 72.2 Å². The van der Waals surface area contributed by atoms with Gasteiger partial charge >= 0.3 is 0 Å². The van der Waals surface area contributed by atoms with E-state index < -0.39 is 0 Å². The smallest absolute Gasteiger partial charge is 0.115 e. The summed E-state index contributed by atoms with van der Waals surface area (Å²) in [5.41, 5.74) is 4.79. The van der Waals surface area contributed by atoms with Crippen LogP contribution in [0.4, 0.5) is 5.69 Å². The molecule has 3 atom stereocenters. The van der Waals surface area contributed by atoms with Gasteiger partial charge in [0.1, 0.15) is 5.75 Å². The summed E-state index contributed by atoms with van der Waals surface area (Å²) >= 11 is 0. The molecule has 3 aromatic rings. The Morgan fingerprint density at radius 3 is 2.45 bits per heavy atom. The average molecular weight is 516 g/mol. The largest absolute Gasteiger partial charge is 0.508 e. The van der Waals surface area contributed by atoms with E-state index in [-0.39, 0.29) is 5.54 Å². The lowest BCUT2D eigenvalue weighted by Crippen LogP contribution is -2.55. The van der Waals surface area contributed by atoms with Crippen LogP contribution in [0.2, 0.25) is 0 Å². The van der Waals surface area contributed by atoms with Crippen molar-refractivity contribution in [1.82, 2.24) is 20.1 Å². The van der Waals surface area contributed by atoms with Crippen LogP contribution in [-0.2, 0) is 5.54 Å². The summed E-state index contributed by atoms with van der Waals surface area (Å²) in [6, 6.07) is 18.4. The molecule has 2 aromatic carbocycles. The number of phenols is 1. The van der Waals surface area contributed by atoms with Gasteiger partial charge in [-0.1, -0.05) is 31.5 Å². The predicted octanol–water partition coefficient (Wildman–Crippen LogP) is 5.52. The van der Waals surface area contributed by atoms with Crippen molar-refractivity contribution >= 4 is 16.6 Å². The molecule has 5 rings (SSSR count). The third-order valence-corrected chi connectivity index (χ3v) is 8.86. The van der Waals surface area contributed by atoms with Gasteiger partial charge in [0.05, 0.1) is 5.52 Å². The van der Waals surface area contributed by atoms with E-state index in [4.69, 9.17) is 4.98 Å². The maximum absolute atomic E-state index is 10.1. The molecular weight excluding hydrogens is 470 g/mol. The molecule has 204 valence electrons. The topological polar surface area (TPSA) is 54.9 Å². The average Bonchev–Trinajstić information content (AvgIpc) is 2.90. The third-order valence-electron chi connectivity index (χ3n) is 8.86. The van der Waals surface area contributed by atoms with E-state index >= 15 is 0 Å². The molecular formula is C32H45N5O. The standard InChI is InChI=1S/C32H45N5O/c1-6-8-31(37-21-23(2)34-24(3)22-37)26-17-25-11-12-28(19-30(25)33-20-26)36-15-13-32(14-16-36,35(4)5)27-9-7-10-29(38)18-27/h7,9-12,17-20,23-24,31,34,38H,6,8,13-16,21-22H2,1-5H3/t23-,24+,31-/m1/s1. The van der Waals surface area contributed by atoms with Crippen molar-refractivity contribution < 1.29 is 5.11 Å². The highest BCUT2D eigenvalue weighted by Gasteiger charge is 2.38. The van der Waals surface area contributed by atoms with Gasteiger partial charge in [-0.2, -0.15) is 0 Å². The maximum atomic E-state index is 10.1. The summed E-state index contributed by atoms with van der Waals surface area (Å²) in [6.07, 6.45) is 6.47. The first kappa shape index (κ1) is 26.9. The molecule has 2 saturated heterocycles. The Hall–Kier alpha value is -2.67. The first-order chi connectivity index (χ1) is 18.3. The third kappa shape index (κ3) is 5.40. The molecule has 0 spiro atoms. The maximum Gasteiger partial charge on any atom is 0.115 e. The number of aromatic hydroxyl groups is 1. The lowest BCUT2D eigenvalue weighted by atomic mass is 9.79. The highest BCUT2D eigenvalue weighted by Crippen LogP contribution is 2.40. The van der Waals surface area contributed by atoms with Crippen molar-refractivity contribution in [3.63, 3.8) is 0 Å². The molecule has 2 aliphatic heterocycles. The van der Waals surface area contributed by atoms with E-state index in [9.17, 15) is 5.11 Å². The monoisotopic (exact) mass is 515 g/mol. The van der Waals surface area contributed by atoms with Crippen LogP contribution in [0.3, 0.4) is 0 Å². The minimum absolute atomic E-state index is 0.0630. The van der Waals surface area contributed by atoms with Crippen LogP contribution in [0.5, 0.6) is 5.75 Å². The molecule has 0 unspecified atom stereocenters. The quantitative estimate of drug-likeness (QED) is 0.432. The Bertz CT molecular complexity index is 1230. The summed E-state index contributed by atoms with van der Waals surface area (Å²) in [4.78, 5) is 12.5. The molecule has 0 saturated carbocycles. The number of nitrogens with one attached hydrogen (secondary N) is 1. The number of hydrogen-bond acceptors (Lipinski definition) is 6. The van der Waals surface area contributed by atoms with Gasteiger partial charge in [-0.05, 0) is 88.7 Å². The first-order valence-electron chi connectivity index (χ1n) is 14.4. The van der Waals surface area contributed by atoms with E-state index in [1.165, 1.54) is 28.6 Å². The lowest BCUT2D eigenvalue weighted by molar-refractivity contribution is 0.115. The van der Waals surface area contributed by atoms with Crippen LogP contribution in [0.1, 0.15) is 63.6 Å². The summed E-state index contributed by atoms with van der Waals surface area (Å²) in [7, 11) is 4.32. The van der Waals surface area contributed by atoms with Crippen molar-refractivity contribution in [2.75, 3.05) is 45.2 Å². The minimum atomic E-state index is -0.0630. The number of piperidine rings is 1. The molecule has 38 heavy (non-hydrogen) atoms. The Morgan fingerprint density at radius 1 is 1.05 bits per heavy atom. The Balaban J connectivity index is 1.34. The predicted molar refractivity (Wildman–Crippen MR) is 158 cm³/mol. The number of pyridine rings is 1. The molecule has 3 heterocycles. The molecule has 0 aliphatic carbocycles. The highest BCUT2D eigenvalue weighted by molar-refractivity contribution is 5.83. The van der Waals surface area contributed by atoms with Crippen molar-refractivity contribution in [2.45, 2.75) is 70.1 Å². The minimum Gasteiger partial charge on any atom is -0.508 e. The molecule has 0 amide bonds. The van der Waals surface area contributed by atoms with Crippen molar-refractivity contribution in [3.8, 4) is 5.75 Å². The van der Waals surface area contributed by atoms with Crippen LogP contribution >= 0.6 is 0 Å². The molecule has 1 aromatic heterocycles. The van der Waals surface area contributed by atoms with Gasteiger partial charge in [-0.3, -0.25) is 14.8 Å². The molecule has 2 N–H and O–H groups in total. The zero-order valence-electron chi connectivity index (χ0n) is 23.8. The fraction of sp³-hybridized carbons (Fsp3) is 0.531. The second kappa shape index (κ2) is 11.2. The van der Waals surface area contributed by atoms with E-state index in [0.29, 0.717) is 23.9 Å². The summed E-state index contributed by atoms with van der Waals surface area (Å²) in [6.45, 7) is 11.0. The summed E-state index contributed by atoms with van der Waals surface area (Å²) in [5, 5.41) is 15.0. The number of fused-ring (bicyclic) bond motifs is 1. The number of aromatic nitrogens is 1. The highest BCUT2D eigenvalue weighted by atomic mass is 16.3. The van der Waals surface area contributed by atoms with Crippen molar-refractivity contribution in [2.24, 2.45) is 0 Å². The van der Waals surface area contributed by atoms with Gasteiger partial charge in [0.15, 0.2) is 0 Å². The Labute approximate surface area is 228 Å². The Morgan fingerprint density at radius 2 is 1.79 bits per heavy atom. The van der Waals surface area contributed by atoms with E-state index in [1.807, 2.05) is 12.1 Å². The molecule has 0 radical (unpaired) electrons. The van der Waals surface area contributed by atoms with Gasteiger partial charge in [-0.15, -0.1) is 0 Å². The number of piperazine rings is 1. The van der Waals surface area contributed by atoms with Crippen molar-refractivity contribution in [3.05, 3.63) is 65.9 Å². The van der Waals surface area contributed by atoms with Gasteiger partial charge in [0, 0.05) is 67.1 Å². The van der Waals surface area contributed by atoms with Crippen LogP contribution < -0.4 is 10.2 Å². The van der Waals surface area contributed by atoms with Crippen LogP contribution in [0.25, 0.3) is 10.9 Å². The molecule has 0 bridgehead atoms. The molecule has 2 fully saturated rings. The second-order valence-corrected chi connectivity index (χ2v) is 11.8. The number of rotatable bonds is 7. The van der Waals surface area contributed by atoms with Crippen LogP contribution in [0, 0.1) is 0 Å². The van der Waals surface area contributed by atoms with Gasteiger partial charge < -0.3 is 15.3 Å². The fourth-order valence-electron chi connectivity index (χ4n) is 6.89. The number of hydrogen-bond donors (Lipinski definition) is 2. The summed E-state index contributed by atoms with van der Waals surface area (Å²) in [5.74, 6) is 0.341. The number of benzene rings is 2. The fourth-order valence-corrected chi connectivity index (χ4v) is 6.89. The molecule has 2 aliphatic rings. The molecule has 6 nitrogen and oxygen atoms in total. The van der Waals surface area contributed by atoms with Gasteiger partial charge in [-0.25, -0.2) is 0 Å².